The zero-order valence-corrected chi connectivity index (χ0v) is 15.7. The van der Waals surface area contributed by atoms with Crippen molar-refractivity contribution in [3.8, 4) is 17.1 Å². The van der Waals surface area contributed by atoms with Crippen molar-refractivity contribution in [1.29, 1.82) is 0 Å². The number of nitrogens with two attached hydrogens (primary N) is 1. The second-order valence-electron chi connectivity index (χ2n) is 5.69. The molecule has 0 bridgehead atoms. The fraction of sp³-hybridized carbons (Fsp3) is 0. The minimum absolute atomic E-state index is 0.0111. The van der Waals surface area contributed by atoms with Crippen LogP contribution in [0.5, 0.6) is 0 Å². The Balaban J connectivity index is 1.73. The molecule has 0 aliphatic heterocycles. The van der Waals surface area contributed by atoms with Crippen molar-refractivity contribution in [3.63, 3.8) is 0 Å². The van der Waals surface area contributed by atoms with Crippen molar-refractivity contribution < 1.29 is 14.3 Å². The number of carbonyl (C=O) groups excluding carboxylic acids is 1. The zero-order chi connectivity index (χ0) is 21.1. The number of benzene rings is 1. The fourth-order valence-corrected chi connectivity index (χ4v) is 3.08. The van der Waals surface area contributed by atoms with Crippen LogP contribution in [0.15, 0.2) is 51.5 Å². The van der Waals surface area contributed by atoms with Crippen LogP contribution >= 0.6 is 11.3 Å². The summed E-state index contributed by atoms with van der Waals surface area (Å²) in [4.78, 5) is 23.9. The van der Waals surface area contributed by atoms with Gasteiger partial charge in [-0.2, -0.15) is 9.78 Å². The van der Waals surface area contributed by atoms with Crippen molar-refractivity contribution in [1.82, 2.24) is 30.7 Å². The second-order valence-corrected chi connectivity index (χ2v) is 6.67. The normalized spacial score (nSPS) is 11.1. The van der Waals surface area contributed by atoms with E-state index in [0.29, 0.717) is 5.56 Å². The molecule has 14 heteroatoms. The predicted octanol–water partition coefficient (Wildman–Crippen LogP) is 1.63. The molecule has 4 rings (SSSR count). The van der Waals surface area contributed by atoms with Gasteiger partial charge in [-0.3, -0.25) is 14.9 Å². The molecule has 0 saturated carbocycles. The molecule has 0 spiro atoms. The van der Waals surface area contributed by atoms with Gasteiger partial charge < -0.3 is 5.73 Å². The van der Waals surface area contributed by atoms with Crippen molar-refractivity contribution in [3.05, 3.63) is 62.5 Å². The number of rotatable bonds is 6. The Hall–Kier alpha value is -4.46. The first-order valence-electron chi connectivity index (χ1n) is 8.20. The average molecular weight is 425 g/mol. The van der Waals surface area contributed by atoms with Gasteiger partial charge in [-0.1, -0.05) is 11.3 Å². The quantitative estimate of drug-likeness (QED) is 0.263. The number of anilines is 1. The van der Waals surface area contributed by atoms with Gasteiger partial charge in [0.1, 0.15) is 5.69 Å². The Bertz CT molecular complexity index is 1230. The predicted molar refractivity (Wildman–Crippen MR) is 105 cm³/mol. The fourth-order valence-electron chi connectivity index (χ4n) is 2.49. The number of nitrogens with zero attached hydrogens (tertiary/aromatic N) is 7. The van der Waals surface area contributed by atoms with Crippen molar-refractivity contribution >= 4 is 35.0 Å². The van der Waals surface area contributed by atoms with Gasteiger partial charge in [-0.05, 0) is 33.9 Å². The smallest absolute Gasteiger partial charge is 0.294 e. The number of nitro benzene ring substituents is 1. The number of nitro groups is 1. The average Bonchev–Trinajstić information content (AvgIpc) is 3.48. The summed E-state index contributed by atoms with van der Waals surface area (Å²) in [7, 11) is 0. The number of amides is 1. The van der Waals surface area contributed by atoms with Gasteiger partial charge in [0.15, 0.2) is 5.69 Å². The van der Waals surface area contributed by atoms with E-state index in [4.69, 9.17) is 5.73 Å². The van der Waals surface area contributed by atoms with Crippen LogP contribution in [0, 0.1) is 10.1 Å². The van der Waals surface area contributed by atoms with E-state index in [2.05, 4.69) is 35.8 Å². The molecule has 4 aromatic rings. The first kappa shape index (κ1) is 18.9. The number of hydrogen-bond acceptors (Lipinski definition) is 11. The molecule has 1 aromatic carbocycles. The third-order valence-electron chi connectivity index (χ3n) is 3.83. The Morgan fingerprint density at radius 1 is 1.30 bits per heavy atom. The van der Waals surface area contributed by atoms with E-state index in [1.807, 2.05) is 17.5 Å². The molecule has 150 valence electrons. The molecule has 0 atom stereocenters. The highest BCUT2D eigenvalue weighted by molar-refractivity contribution is 7.11. The van der Waals surface area contributed by atoms with Crippen LogP contribution in [0.3, 0.4) is 0 Å². The van der Waals surface area contributed by atoms with Gasteiger partial charge >= 0.3 is 0 Å². The maximum atomic E-state index is 12.7. The molecule has 3 aromatic heterocycles. The largest absolute Gasteiger partial charge is 0.378 e. The molecule has 0 unspecified atom stereocenters. The van der Waals surface area contributed by atoms with E-state index in [0.717, 1.165) is 9.56 Å². The number of carbonyl (C=O) groups is 1. The van der Waals surface area contributed by atoms with E-state index < -0.39 is 10.8 Å². The number of hydrazone groups is 1. The molecule has 0 fully saturated rings. The van der Waals surface area contributed by atoms with Gasteiger partial charge in [0, 0.05) is 22.6 Å². The lowest BCUT2D eigenvalue weighted by atomic mass is 10.1. The lowest BCUT2D eigenvalue weighted by molar-refractivity contribution is -0.384. The molecular formula is C16H11N9O4S. The summed E-state index contributed by atoms with van der Waals surface area (Å²) in [6, 6.07) is 9.15. The number of aromatic nitrogens is 5. The SMILES string of the molecule is Nc1nonc1-n1nnc(C(=O)N/N=C/c2cccs2)c1-c1ccc([N+](=O)[O-])cc1. The molecule has 30 heavy (non-hydrogen) atoms. The van der Waals surface area contributed by atoms with Crippen molar-refractivity contribution in [2.75, 3.05) is 5.73 Å². The van der Waals surface area contributed by atoms with Crippen LogP contribution in [0.1, 0.15) is 15.4 Å². The first-order valence-corrected chi connectivity index (χ1v) is 9.08. The number of nitrogens with one attached hydrogen (secondary N) is 1. The second kappa shape index (κ2) is 7.88. The number of hydrogen-bond donors (Lipinski definition) is 2. The lowest BCUT2D eigenvalue weighted by Gasteiger charge is -2.05. The number of nitrogen functional groups attached to an aromatic ring is 1. The highest BCUT2D eigenvalue weighted by atomic mass is 32.1. The van der Waals surface area contributed by atoms with Crippen LogP contribution in [-0.4, -0.2) is 42.4 Å². The highest BCUT2D eigenvalue weighted by Crippen LogP contribution is 2.28. The third kappa shape index (κ3) is 3.61. The summed E-state index contributed by atoms with van der Waals surface area (Å²) in [5, 5.41) is 31.7. The van der Waals surface area contributed by atoms with E-state index in [1.165, 1.54) is 41.8 Å². The molecule has 3 heterocycles. The van der Waals surface area contributed by atoms with Gasteiger partial charge in [0.25, 0.3) is 11.6 Å². The minimum Gasteiger partial charge on any atom is -0.378 e. The van der Waals surface area contributed by atoms with E-state index in [1.54, 1.807) is 0 Å². The minimum atomic E-state index is -0.655. The van der Waals surface area contributed by atoms with Crippen LogP contribution in [-0.2, 0) is 0 Å². The topological polar surface area (TPSA) is 180 Å². The van der Waals surface area contributed by atoms with Gasteiger partial charge in [0.05, 0.1) is 11.1 Å². The molecule has 0 radical (unpaired) electrons. The molecule has 0 aliphatic rings. The Kier molecular flexibility index (Phi) is 4.96. The van der Waals surface area contributed by atoms with Crippen molar-refractivity contribution in [2.45, 2.75) is 0 Å². The zero-order valence-electron chi connectivity index (χ0n) is 14.9. The molecule has 3 N–H and O–H groups in total. The summed E-state index contributed by atoms with van der Waals surface area (Å²) < 4.78 is 5.75. The summed E-state index contributed by atoms with van der Waals surface area (Å²) in [5.74, 6) is -0.722. The summed E-state index contributed by atoms with van der Waals surface area (Å²) in [5.41, 5.74) is 8.47. The molecule has 0 saturated heterocycles. The van der Waals surface area contributed by atoms with Crippen LogP contribution in [0.4, 0.5) is 11.5 Å². The van der Waals surface area contributed by atoms with Crippen molar-refractivity contribution in [2.24, 2.45) is 5.10 Å². The van der Waals surface area contributed by atoms with E-state index in [9.17, 15) is 14.9 Å². The molecule has 1 amide bonds. The maximum Gasteiger partial charge on any atom is 0.294 e. The summed E-state index contributed by atoms with van der Waals surface area (Å²) in [6.45, 7) is 0. The Morgan fingerprint density at radius 2 is 2.10 bits per heavy atom. The first-order chi connectivity index (χ1) is 14.5. The highest BCUT2D eigenvalue weighted by Gasteiger charge is 2.25. The van der Waals surface area contributed by atoms with Crippen LogP contribution in [0.25, 0.3) is 17.1 Å². The number of thiophene rings is 1. The lowest BCUT2D eigenvalue weighted by Crippen LogP contribution is -2.19. The van der Waals surface area contributed by atoms with E-state index in [-0.39, 0.29) is 28.7 Å². The Morgan fingerprint density at radius 3 is 2.73 bits per heavy atom. The van der Waals surface area contributed by atoms with Crippen LogP contribution in [0.2, 0.25) is 0 Å². The third-order valence-corrected chi connectivity index (χ3v) is 4.64. The number of non-ortho nitro benzene ring substituents is 1. The van der Waals surface area contributed by atoms with Gasteiger partial charge in [-0.25, -0.2) is 10.1 Å². The molecule has 13 nitrogen and oxygen atoms in total. The molecular weight excluding hydrogens is 414 g/mol. The Labute approximate surface area is 170 Å². The molecule has 0 aliphatic carbocycles. The van der Waals surface area contributed by atoms with Crippen LogP contribution < -0.4 is 11.2 Å². The summed E-state index contributed by atoms with van der Waals surface area (Å²) in [6.07, 6.45) is 1.48. The van der Waals surface area contributed by atoms with Gasteiger partial charge in [-0.15, -0.1) is 16.4 Å². The maximum absolute atomic E-state index is 12.7. The van der Waals surface area contributed by atoms with Gasteiger partial charge in [0.2, 0.25) is 11.6 Å². The monoisotopic (exact) mass is 425 g/mol. The summed E-state index contributed by atoms with van der Waals surface area (Å²) >= 11 is 1.45. The van der Waals surface area contributed by atoms with E-state index >= 15 is 0 Å². The standard InChI is InChI=1S/C16H11N9O4S/c17-14-15(22-29-21-14)24-13(9-3-5-10(6-4-9)25(27)28)12(19-23-24)16(26)20-18-8-11-2-1-7-30-11/h1-8H,(H2,17,21)(H,20,26)/b18-8+.